The monoisotopic (exact) mass is 370 g/mol. The first-order chi connectivity index (χ1) is 12.9. The van der Waals surface area contributed by atoms with Crippen molar-refractivity contribution in [2.75, 3.05) is 19.7 Å². The molecule has 0 radical (unpaired) electrons. The van der Waals surface area contributed by atoms with Crippen LogP contribution in [0.2, 0.25) is 0 Å². The van der Waals surface area contributed by atoms with Gasteiger partial charge in [0, 0.05) is 19.4 Å². The lowest BCUT2D eigenvalue weighted by molar-refractivity contribution is -0.163. The lowest BCUT2D eigenvalue weighted by atomic mass is 9.90. The molecular weight excluding hydrogens is 347 g/mol. The molecule has 1 fully saturated rings. The minimum Gasteiger partial charge on any atom is -0.367 e. The maximum absolute atomic E-state index is 13.1. The van der Waals surface area contributed by atoms with Crippen LogP contribution in [0, 0.1) is 5.82 Å². The van der Waals surface area contributed by atoms with E-state index in [1.807, 2.05) is 24.3 Å². The number of rotatable bonds is 5. The normalized spacial score (nSPS) is 19.7. The number of carbonyl (C=O) groups is 2. The van der Waals surface area contributed by atoms with Crippen molar-refractivity contribution in [2.45, 2.75) is 25.4 Å². The zero-order valence-corrected chi connectivity index (χ0v) is 15.3. The number of amides is 2. The van der Waals surface area contributed by atoms with E-state index >= 15 is 0 Å². The predicted molar refractivity (Wildman–Crippen MR) is 100 cm³/mol. The maximum Gasteiger partial charge on any atom is 0.251 e. The molecule has 1 atom stereocenters. The van der Waals surface area contributed by atoms with Crippen molar-refractivity contribution in [1.29, 1.82) is 0 Å². The second-order valence-corrected chi connectivity index (χ2v) is 6.76. The van der Waals surface area contributed by atoms with Crippen LogP contribution in [0.4, 0.5) is 4.39 Å². The molecule has 0 bridgehead atoms. The zero-order chi connectivity index (χ0) is 19.4. The SMILES string of the molecule is CCC(=O)N1CCO[C@](Cc2ccc(-c3ccc(F)cc3)cc2)(C(N)=O)C1. The number of morpholine rings is 1. The number of carbonyl (C=O) groups excluding carboxylic acids is 2. The smallest absolute Gasteiger partial charge is 0.251 e. The van der Waals surface area contributed by atoms with Gasteiger partial charge in [-0.1, -0.05) is 43.3 Å². The average Bonchev–Trinajstić information content (AvgIpc) is 2.68. The molecule has 142 valence electrons. The Morgan fingerprint density at radius 3 is 2.26 bits per heavy atom. The molecule has 3 rings (SSSR count). The van der Waals surface area contributed by atoms with Gasteiger partial charge in [-0.15, -0.1) is 0 Å². The highest BCUT2D eigenvalue weighted by Crippen LogP contribution is 2.26. The number of nitrogens with zero attached hydrogens (tertiary/aromatic N) is 1. The van der Waals surface area contributed by atoms with Crippen LogP contribution in [0.25, 0.3) is 11.1 Å². The van der Waals surface area contributed by atoms with E-state index in [1.165, 1.54) is 12.1 Å². The lowest BCUT2D eigenvalue weighted by Gasteiger charge is -2.40. The van der Waals surface area contributed by atoms with Gasteiger partial charge < -0.3 is 15.4 Å². The molecule has 1 aliphatic rings. The van der Waals surface area contributed by atoms with Crippen molar-refractivity contribution < 1.29 is 18.7 Å². The first-order valence-electron chi connectivity index (χ1n) is 9.00. The summed E-state index contributed by atoms with van der Waals surface area (Å²) in [5, 5.41) is 0. The fourth-order valence-electron chi connectivity index (χ4n) is 3.35. The number of hydrogen-bond acceptors (Lipinski definition) is 3. The summed E-state index contributed by atoms with van der Waals surface area (Å²) in [6, 6.07) is 13.9. The van der Waals surface area contributed by atoms with Crippen LogP contribution in [0.1, 0.15) is 18.9 Å². The van der Waals surface area contributed by atoms with E-state index in [0.717, 1.165) is 16.7 Å². The van der Waals surface area contributed by atoms with E-state index in [1.54, 1.807) is 24.0 Å². The molecule has 0 saturated carbocycles. The molecule has 2 aromatic carbocycles. The van der Waals surface area contributed by atoms with Gasteiger partial charge >= 0.3 is 0 Å². The third-order valence-corrected chi connectivity index (χ3v) is 4.91. The number of hydrogen-bond donors (Lipinski definition) is 1. The van der Waals surface area contributed by atoms with Crippen LogP contribution >= 0.6 is 0 Å². The fourth-order valence-corrected chi connectivity index (χ4v) is 3.35. The number of primary amides is 1. The lowest BCUT2D eigenvalue weighted by Crippen LogP contribution is -2.61. The molecular formula is C21H23FN2O3. The number of nitrogens with two attached hydrogens (primary N) is 1. The van der Waals surface area contributed by atoms with Gasteiger partial charge in [0.15, 0.2) is 5.60 Å². The van der Waals surface area contributed by atoms with E-state index < -0.39 is 11.5 Å². The van der Waals surface area contributed by atoms with Crippen LogP contribution in [-0.2, 0) is 20.7 Å². The highest BCUT2D eigenvalue weighted by Gasteiger charge is 2.43. The summed E-state index contributed by atoms with van der Waals surface area (Å²) in [4.78, 5) is 25.9. The van der Waals surface area contributed by atoms with Crippen molar-refractivity contribution in [2.24, 2.45) is 5.73 Å². The largest absolute Gasteiger partial charge is 0.367 e. The van der Waals surface area contributed by atoms with Crippen LogP contribution in [0.5, 0.6) is 0 Å². The molecule has 2 aromatic rings. The Morgan fingerprint density at radius 1 is 1.11 bits per heavy atom. The van der Waals surface area contributed by atoms with E-state index in [9.17, 15) is 14.0 Å². The summed E-state index contributed by atoms with van der Waals surface area (Å²) in [6.07, 6.45) is 0.667. The van der Waals surface area contributed by atoms with Gasteiger partial charge in [0.1, 0.15) is 5.82 Å². The van der Waals surface area contributed by atoms with Gasteiger partial charge in [-0.25, -0.2) is 4.39 Å². The average molecular weight is 370 g/mol. The summed E-state index contributed by atoms with van der Waals surface area (Å²) >= 11 is 0. The van der Waals surface area contributed by atoms with Crippen LogP contribution in [-0.4, -0.2) is 42.0 Å². The first-order valence-corrected chi connectivity index (χ1v) is 9.00. The number of benzene rings is 2. The van der Waals surface area contributed by atoms with Crippen LogP contribution in [0.3, 0.4) is 0 Å². The molecule has 5 nitrogen and oxygen atoms in total. The minimum atomic E-state index is -1.22. The van der Waals surface area contributed by atoms with E-state index in [0.29, 0.717) is 19.4 Å². The Bertz CT molecular complexity index is 820. The highest BCUT2D eigenvalue weighted by atomic mass is 19.1. The Kier molecular flexibility index (Phi) is 5.56. The third kappa shape index (κ3) is 4.17. The van der Waals surface area contributed by atoms with Gasteiger partial charge in [-0.05, 0) is 28.8 Å². The molecule has 1 aliphatic heterocycles. The molecule has 27 heavy (non-hydrogen) atoms. The first kappa shape index (κ1) is 19.0. The van der Waals surface area contributed by atoms with Gasteiger partial charge in [0.05, 0.1) is 13.2 Å². The molecule has 0 unspecified atom stereocenters. The Balaban J connectivity index is 1.79. The maximum atomic E-state index is 13.1. The third-order valence-electron chi connectivity index (χ3n) is 4.91. The molecule has 1 heterocycles. The van der Waals surface area contributed by atoms with Crippen molar-refractivity contribution in [3.63, 3.8) is 0 Å². The molecule has 1 saturated heterocycles. The number of halogens is 1. The summed E-state index contributed by atoms with van der Waals surface area (Å²) in [5.41, 5.74) is 7.16. The van der Waals surface area contributed by atoms with Crippen LogP contribution < -0.4 is 5.73 Å². The zero-order valence-electron chi connectivity index (χ0n) is 15.3. The van der Waals surface area contributed by atoms with E-state index in [4.69, 9.17) is 10.5 Å². The molecule has 0 aliphatic carbocycles. The van der Waals surface area contributed by atoms with Crippen LogP contribution in [0.15, 0.2) is 48.5 Å². The Morgan fingerprint density at radius 2 is 1.70 bits per heavy atom. The fraction of sp³-hybridized carbons (Fsp3) is 0.333. The van der Waals surface area contributed by atoms with Gasteiger partial charge in [-0.2, -0.15) is 0 Å². The van der Waals surface area contributed by atoms with Crippen molar-refractivity contribution >= 4 is 11.8 Å². The molecule has 6 heteroatoms. The summed E-state index contributed by atoms with van der Waals surface area (Å²) in [6.45, 7) is 2.69. The molecule has 2 amide bonds. The quantitative estimate of drug-likeness (QED) is 0.879. The van der Waals surface area contributed by atoms with E-state index in [-0.39, 0.29) is 24.9 Å². The minimum absolute atomic E-state index is 0.0180. The second-order valence-electron chi connectivity index (χ2n) is 6.76. The second kappa shape index (κ2) is 7.88. The topological polar surface area (TPSA) is 72.6 Å². The van der Waals surface area contributed by atoms with Crippen molar-refractivity contribution in [3.8, 4) is 11.1 Å². The Hall–Kier alpha value is -2.73. The van der Waals surface area contributed by atoms with E-state index in [2.05, 4.69) is 0 Å². The van der Waals surface area contributed by atoms with Crippen molar-refractivity contribution in [1.82, 2.24) is 4.90 Å². The summed E-state index contributed by atoms with van der Waals surface area (Å²) in [7, 11) is 0. The number of ether oxygens (including phenoxy) is 1. The van der Waals surface area contributed by atoms with Gasteiger partial charge in [0.2, 0.25) is 5.91 Å². The summed E-state index contributed by atoms with van der Waals surface area (Å²) in [5.74, 6) is -0.867. The Labute approximate surface area is 157 Å². The molecule has 0 spiro atoms. The molecule has 0 aromatic heterocycles. The van der Waals surface area contributed by atoms with Gasteiger partial charge in [0.25, 0.3) is 5.91 Å². The standard InChI is InChI=1S/C21H23FN2O3/c1-2-19(25)24-11-12-27-21(14-24,20(23)26)13-15-3-5-16(6-4-15)17-7-9-18(22)10-8-17/h3-10H,2,11-14H2,1H3,(H2,23,26)/t21-/m0/s1. The predicted octanol–water partition coefficient (Wildman–Crippen LogP) is 2.53. The summed E-state index contributed by atoms with van der Waals surface area (Å²) < 4.78 is 18.8. The highest BCUT2D eigenvalue weighted by molar-refractivity contribution is 5.86. The van der Waals surface area contributed by atoms with Crippen molar-refractivity contribution in [3.05, 3.63) is 59.9 Å². The van der Waals surface area contributed by atoms with Gasteiger partial charge in [-0.3, -0.25) is 9.59 Å². The molecule has 2 N–H and O–H groups in total.